The number of nitrogens with zero attached hydrogens (tertiary/aromatic N) is 1. The maximum atomic E-state index is 2.33. The van der Waals surface area contributed by atoms with Crippen molar-refractivity contribution in [2.45, 2.75) is 79.1 Å². The molecule has 0 heterocycles. The molecule has 18 heavy (non-hydrogen) atoms. The molecule has 1 nitrogen and oxygen atoms in total. The summed E-state index contributed by atoms with van der Waals surface area (Å²) in [6, 6.07) is 0. The quantitative estimate of drug-likeness (QED) is 0.463. The molecule has 0 rings (SSSR count). The predicted molar refractivity (Wildman–Crippen MR) is 82.2 cm³/mol. The van der Waals surface area contributed by atoms with Gasteiger partial charge in [0.15, 0.2) is 0 Å². The molecule has 0 aliphatic rings. The van der Waals surface area contributed by atoms with E-state index in [1.165, 1.54) is 82.0 Å². The zero-order valence-corrected chi connectivity index (χ0v) is 14.3. The summed E-state index contributed by atoms with van der Waals surface area (Å²) in [6.45, 7) is 15.0. The summed E-state index contributed by atoms with van der Waals surface area (Å²) in [4.78, 5) is 0. The average molecular weight is 280 g/mol. The first-order valence-corrected chi connectivity index (χ1v) is 8.09. The van der Waals surface area contributed by atoms with Crippen molar-refractivity contribution >= 4 is 0 Å². The zero-order valence-electron chi connectivity index (χ0n) is 13.4. The third kappa shape index (κ3) is 9.22. The van der Waals surface area contributed by atoms with Crippen LogP contribution in [0.2, 0.25) is 0 Å². The van der Waals surface area contributed by atoms with Gasteiger partial charge in [0.05, 0.1) is 38.6 Å². The minimum Gasteiger partial charge on any atom is -0.324 e. The van der Waals surface area contributed by atoms with Crippen LogP contribution in [0.1, 0.15) is 79.1 Å². The highest BCUT2D eigenvalue weighted by atomic mass is 35.5. The fourth-order valence-corrected chi connectivity index (χ4v) is 2.64. The minimum absolute atomic E-state index is 0. The number of rotatable bonds is 12. The van der Waals surface area contributed by atoms with Gasteiger partial charge in [-0.05, 0) is 25.7 Å². The molecule has 0 amide bonds. The summed E-state index contributed by atoms with van der Waals surface area (Å²) in [6.07, 6.45) is 11.1. The Bertz CT molecular complexity index is 122. The molecular weight excluding hydrogens is 242 g/mol. The van der Waals surface area contributed by atoms with Crippen molar-refractivity contribution in [2.75, 3.05) is 26.2 Å². The second-order valence-electron chi connectivity index (χ2n) is 5.65. The summed E-state index contributed by atoms with van der Waals surface area (Å²) >= 11 is 0. The van der Waals surface area contributed by atoms with Crippen LogP contribution in [0.4, 0.5) is 0 Å². The highest BCUT2D eigenvalue weighted by Crippen LogP contribution is 2.16. The van der Waals surface area contributed by atoms with Crippen molar-refractivity contribution in [3.05, 3.63) is 0 Å². The number of halogens is 1. The molecule has 0 saturated heterocycles. The van der Waals surface area contributed by atoms with E-state index in [1.807, 2.05) is 0 Å². The lowest BCUT2D eigenvalue weighted by Crippen LogP contribution is -2.50. The van der Waals surface area contributed by atoms with Crippen LogP contribution >= 0.6 is 0 Å². The van der Waals surface area contributed by atoms with Crippen LogP contribution < -0.4 is 0 Å². The highest BCUT2D eigenvalue weighted by molar-refractivity contribution is 4.49. The van der Waals surface area contributed by atoms with Crippen LogP contribution in [0, 0.1) is 12.4 Å². The fraction of sp³-hybridized carbons (Fsp3) is 1.00. The van der Waals surface area contributed by atoms with Gasteiger partial charge >= 0.3 is 0 Å². The minimum atomic E-state index is 0. The SMILES string of the molecule is CCCC[N+](CCCC)(CCCC)CCCC.[ClH2+]. The second kappa shape index (κ2) is 13.7. The van der Waals surface area contributed by atoms with Crippen molar-refractivity contribution in [3.8, 4) is 0 Å². The van der Waals surface area contributed by atoms with Crippen molar-refractivity contribution in [1.29, 1.82) is 0 Å². The van der Waals surface area contributed by atoms with E-state index in [1.54, 1.807) is 0 Å². The van der Waals surface area contributed by atoms with Gasteiger partial charge in [-0.2, -0.15) is 0 Å². The van der Waals surface area contributed by atoms with Crippen LogP contribution in [0.3, 0.4) is 0 Å². The number of quaternary nitrogens is 1. The molecule has 0 aliphatic heterocycles. The molecule has 0 aromatic carbocycles. The first-order chi connectivity index (χ1) is 8.24. The van der Waals surface area contributed by atoms with Gasteiger partial charge < -0.3 is 4.48 Å². The van der Waals surface area contributed by atoms with Crippen molar-refractivity contribution in [2.24, 2.45) is 0 Å². The van der Waals surface area contributed by atoms with E-state index in [0.717, 1.165) is 0 Å². The Morgan fingerprint density at radius 1 is 0.500 bits per heavy atom. The summed E-state index contributed by atoms with van der Waals surface area (Å²) in [5.74, 6) is 0. The standard InChI is InChI=1S/C16H36N.ClH2/c1-5-9-13-17(14-10-6-2,15-11-7-3)16-12-8-4;/h5-16H2,1-4H3;1H2/q2*+1. The molecule has 0 fully saturated rings. The molecule has 0 saturated carbocycles. The van der Waals surface area contributed by atoms with E-state index in [0.29, 0.717) is 0 Å². The van der Waals surface area contributed by atoms with Gasteiger partial charge in [-0.1, -0.05) is 53.4 Å². The monoisotopic (exact) mass is 279 g/mol. The van der Waals surface area contributed by atoms with E-state index in [2.05, 4.69) is 27.7 Å². The van der Waals surface area contributed by atoms with E-state index < -0.39 is 0 Å². The topological polar surface area (TPSA) is 0 Å². The third-order valence-corrected chi connectivity index (χ3v) is 3.94. The van der Waals surface area contributed by atoms with Crippen molar-refractivity contribution in [1.82, 2.24) is 0 Å². The van der Waals surface area contributed by atoms with Crippen LogP contribution in [0.5, 0.6) is 0 Å². The molecule has 0 bridgehead atoms. The molecule has 0 radical (unpaired) electrons. The van der Waals surface area contributed by atoms with Gasteiger partial charge in [-0.3, -0.25) is 0 Å². The average Bonchev–Trinajstić information content (AvgIpc) is 2.37. The van der Waals surface area contributed by atoms with Gasteiger partial charge in [0, 0.05) is 0 Å². The molecule has 0 spiro atoms. The molecule has 0 aromatic rings. The Morgan fingerprint density at radius 3 is 0.889 bits per heavy atom. The number of hydrogen-bond donors (Lipinski definition) is 0. The Morgan fingerprint density at radius 2 is 0.722 bits per heavy atom. The van der Waals surface area contributed by atoms with Gasteiger partial charge in [-0.25, -0.2) is 0 Å². The Kier molecular flexibility index (Phi) is 15.6. The van der Waals surface area contributed by atoms with Crippen LogP contribution in [0.25, 0.3) is 0 Å². The van der Waals surface area contributed by atoms with E-state index in [4.69, 9.17) is 0 Å². The normalized spacial score (nSPS) is 11.3. The van der Waals surface area contributed by atoms with Gasteiger partial charge in [0.2, 0.25) is 0 Å². The van der Waals surface area contributed by atoms with Crippen LogP contribution in [0.15, 0.2) is 0 Å². The third-order valence-electron chi connectivity index (χ3n) is 3.94. The second-order valence-corrected chi connectivity index (χ2v) is 5.65. The largest absolute Gasteiger partial charge is 0.324 e. The molecule has 0 atom stereocenters. The summed E-state index contributed by atoms with van der Waals surface area (Å²) in [5.41, 5.74) is 0. The lowest BCUT2D eigenvalue weighted by molar-refractivity contribution is -0.929. The van der Waals surface area contributed by atoms with E-state index in [-0.39, 0.29) is 12.4 Å². The predicted octanol–water partition coefficient (Wildman–Crippen LogP) is 4.47. The number of unbranched alkanes of at least 4 members (excludes halogenated alkanes) is 4. The smallest absolute Gasteiger partial charge is 0.0903 e. The molecule has 0 aliphatic carbocycles. The van der Waals surface area contributed by atoms with Crippen LogP contribution in [-0.2, 0) is 0 Å². The lowest BCUT2D eigenvalue weighted by atomic mass is 10.1. The van der Waals surface area contributed by atoms with Crippen LogP contribution in [-0.4, -0.2) is 30.7 Å². The molecule has 0 N–H and O–H groups in total. The van der Waals surface area contributed by atoms with Gasteiger partial charge in [0.25, 0.3) is 0 Å². The summed E-state index contributed by atoms with van der Waals surface area (Å²) in [5, 5.41) is 0. The van der Waals surface area contributed by atoms with Gasteiger partial charge in [-0.15, -0.1) is 0 Å². The van der Waals surface area contributed by atoms with E-state index in [9.17, 15) is 0 Å². The molecule has 0 unspecified atom stereocenters. The Labute approximate surface area is 122 Å². The summed E-state index contributed by atoms with van der Waals surface area (Å²) in [7, 11) is 0. The highest BCUT2D eigenvalue weighted by Gasteiger charge is 2.24. The van der Waals surface area contributed by atoms with E-state index >= 15 is 0 Å². The Hall–Kier alpha value is 0.250. The molecule has 112 valence electrons. The Balaban J connectivity index is 0. The lowest BCUT2D eigenvalue weighted by Gasteiger charge is -2.39. The maximum Gasteiger partial charge on any atom is 0.0903 e. The molecule has 0 aromatic heterocycles. The molecule has 2 heteroatoms. The van der Waals surface area contributed by atoms with Gasteiger partial charge in [0.1, 0.15) is 0 Å². The number of hydrogen-bond acceptors (Lipinski definition) is 0. The van der Waals surface area contributed by atoms with Crippen molar-refractivity contribution in [3.63, 3.8) is 0 Å². The summed E-state index contributed by atoms with van der Waals surface area (Å²) < 4.78 is 1.42. The molecular formula is C16H38ClN+2. The van der Waals surface area contributed by atoms with Crippen molar-refractivity contribution < 1.29 is 16.9 Å². The fourth-order valence-electron chi connectivity index (χ4n) is 2.64. The zero-order chi connectivity index (χ0) is 13.0. The first kappa shape index (κ1) is 20.6. The maximum absolute atomic E-state index is 2.33. The first-order valence-electron chi connectivity index (χ1n) is 8.09.